The minimum Gasteiger partial charge on any atom is -0.368 e. The van der Waals surface area contributed by atoms with Gasteiger partial charge in [0.1, 0.15) is 22.5 Å². The SMILES string of the molecule is O=S(=O)(CCn1nnc2ccccc21)NCCNc1ncnc2sccc12. The second-order valence-electron chi connectivity index (χ2n) is 5.80. The number of fused-ring (bicyclic) bond motifs is 2. The first-order valence-corrected chi connectivity index (χ1v) is 10.8. The molecule has 0 unspecified atom stereocenters. The van der Waals surface area contributed by atoms with Crippen molar-refractivity contribution in [3.8, 4) is 0 Å². The molecule has 0 aliphatic rings. The second kappa shape index (κ2) is 7.55. The number of anilines is 1. The number of aromatic nitrogens is 5. The summed E-state index contributed by atoms with van der Waals surface area (Å²) in [5.74, 6) is 0.636. The quantitative estimate of drug-likeness (QED) is 0.428. The highest BCUT2D eigenvalue weighted by Crippen LogP contribution is 2.23. The highest BCUT2D eigenvalue weighted by Gasteiger charge is 2.12. The molecule has 2 N–H and O–H groups in total. The monoisotopic (exact) mass is 403 g/mol. The lowest BCUT2D eigenvalue weighted by atomic mass is 10.3. The number of rotatable bonds is 8. The third-order valence-corrected chi connectivity index (χ3v) is 6.18. The Balaban J connectivity index is 1.29. The van der Waals surface area contributed by atoms with Crippen molar-refractivity contribution in [1.29, 1.82) is 0 Å². The maximum absolute atomic E-state index is 12.2. The van der Waals surface area contributed by atoms with Crippen molar-refractivity contribution in [2.75, 3.05) is 24.2 Å². The molecule has 27 heavy (non-hydrogen) atoms. The topological polar surface area (TPSA) is 115 Å². The average Bonchev–Trinajstić information content (AvgIpc) is 3.31. The lowest BCUT2D eigenvalue weighted by Gasteiger charge is -2.09. The predicted molar refractivity (Wildman–Crippen MR) is 105 cm³/mol. The Hall–Kier alpha value is -2.63. The third kappa shape index (κ3) is 4.04. The van der Waals surface area contributed by atoms with Gasteiger partial charge in [0, 0.05) is 13.1 Å². The molecule has 0 aliphatic heterocycles. The highest BCUT2D eigenvalue weighted by molar-refractivity contribution is 7.89. The van der Waals surface area contributed by atoms with Crippen LogP contribution in [0.25, 0.3) is 21.3 Å². The molecule has 140 valence electrons. The first-order chi connectivity index (χ1) is 13.1. The molecule has 0 saturated heterocycles. The van der Waals surface area contributed by atoms with Gasteiger partial charge in [-0.05, 0) is 23.6 Å². The average molecular weight is 403 g/mol. The summed E-state index contributed by atoms with van der Waals surface area (Å²) >= 11 is 1.53. The summed E-state index contributed by atoms with van der Waals surface area (Å²) in [7, 11) is -3.42. The Morgan fingerprint density at radius 3 is 2.93 bits per heavy atom. The van der Waals surface area contributed by atoms with Gasteiger partial charge in [-0.2, -0.15) is 0 Å². The highest BCUT2D eigenvalue weighted by atomic mass is 32.2. The summed E-state index contributed by atoms with van der Waals surface area (Å²) in [6, 6.07) is 9.39. The summed E-state index contributed by atoms with van der Waals surface area (Å²) in [6.45, 7) is 0.925. The summed E-state index contributed by atoms with van der Waals surface area (Å²) in [6.07, 6.45) is 1.49. The number of para-hydroxylation sites is 1. The Morgan fingerprint density at radius 1 is 1.11 bits per heavy atom. The van der Waals surface area contributed by atoms with Gasteiger partial charge in [0.05, 0.1) is 23.2 Å². The van der Waals surface area contributed by atoms with E-state index in [1.54, 1.807) is 4.68 Å². The predicted octanol–water partition coefficient (Wildman–Crippen LogP) is 1.47. The van der Waals surface area contributed by atoms with E-state index < -0.39 is 10.0 Å². The smallest absolute Gasteiger partial charge is 0.213 e. The first-order valence-electron chi connectivity index (χ1n) is 8.30. The van der Waals surface area contributed by atoms with Gasteiger partial charge in [0.15, 0.2) is 0 Å². The fourth-order valence-corrected chi connectivity index (χ4v) is 4.38. The molecule has 3 heterocycles. The van der Waals surface area contributed by atoms with Crippen LogP contribution in [0.4, 0.5) is 5.82 Å². The van der Waals surface area contributed by atoms with Crippen LogP contribution in [0.15, 0.2) is 42.0 Å². The molecular formula is C16H17N7O2S2. The van der Waals surface area contributed by atoms with Crippen molar-refractivity contribution in [2.45, 2.75) is 6.54 Å². The summed E-state index contributed by atoms with van der Waals surface area (Å²) in [5.41, 5.74) is 1.56. The van der Waals surface area contributed by atoms with Gasteiger partial charge in [-0.1, -0.05) is 17.3 Å². The van der Waals surface area contributed by atoms with E-state index in [-0.39, 0.29) is 18.8 Å². The van der Waals surface area contributed by atoms with E-state index in [4.69, 9.17) is 0 Å². The molecule has 0 bridgehead atoms. The Kier molecular flexibility index (Phi) is 4.97. The van der Waals surface area contributed by atoms with Crippen molar-refractivity contribution in [2.24, 2.45) is 0 Å². The van der Waals surface area contributed by atoms with E-state index >= 15 is 0 Å². The standard InChI is InChI=1S/C16H17N7O2S2/c24-27(25,10-8-23-14-4-2-1-3-13(14)21-22-23)20-7-6-17-15-12-5-9-26-16(12)19-11-18-15/h1-5,9,11,20H,6-8,10H2,(H,17,18,19). The third-order valence-electron chi connectivity index (χ3n) is 3.99. The molecule has 0 saturated carbocycles. The van der Waals surface area contributed by atoms with Gasteiger partial charge in [0.25, 0.3) is 0 Å². The van der Waals surface area contributed by atoms with Crippen molar-refractivity contribution < 1.29 is 8.42 Å². The normalized spacial score (nSPS) is 12.0. The van der Waals surface area contributed by atoms with E-state index in [1.165, 1.54) is 17.7 Å². The van der Waals surface area contributed by atoms with Gasteiger partial charge in [-0.25, -0.2) is 27.8 Å². The summed E-state index contributed by atoms with van der Waals surface area (Å²) in [5, 5.41) is 14.1. The second-order valence-corrected chi connectivity index (χ2v) is 8.62. The lowest BCUT2D eigenvalue weighted by molar-refractivity contribution is 0.568. The first kappa shape index (κ1) is 17.8. The molecule has 0 fully saturated rings. The minimum atomic E-state index is -3.42. The number of sulfonamides is 1. The van der Waals surface area contributed by atoms with E-state index in [2.05, 4.69) is 30.3 Å². The van der Waals surface area contributed by atoms with Crippen LogP contribution >= 0.6 is 11.3 Å². The van der Waals surface area contributed by atoms with Gasteiger partial charge in [-0.3, -0.25) is 0 Å². The molecule has 3 aromatic heterocycles. The van der Waals surface area contributed by atoms with Gasteiger partial charge >= 0.3 is 0 Å². The zero-order valence-corrected chi connectivity index (χ0v) is 15.9. The molecular weight excluding hydrogens is 386 g/mol. The zero-order chi connectivity index (χ0) is 18.7. The van der Waals surface area contributed by atoms with Crippen molar-refractivity contribution in [3.63, 3.8) is 0 Å². The van der Waals surface area contributed by atoms with Gasteiger partial charge in [0.2, 0.25) is 10.0 Å². The fourth-order valence-electron chi connectivity index (χ4n) is 2.68. The Labute approximate surface area is 159 Å². The Morgan fingerprint density at radius 2 is 2.00 bits per heavy atom. The zero-order valence-electron chi connectivity index (χ0n) is 14.2. The van der Waals surface area contributed by atoms with Crippen molar-refractivity contribution >= 4 is 48.4 Å². The largest absolute Gasteiger partial charge is 0.368 e. The summed E-state index contributed by atoms with van der Waals surface area (Å²) in [4.78, 5) is 9.28. The van der Waals surface area contributed by atoms with Crippen molar-refractivity contribution in [3.05, 3.63) is 42.0 Å². The van der Waals surface area contributed by atoms with Crippen LogP contribution < -0.4 is 10.0 Å². The molecule has 11 heteroatoms. The number of nitrogens with zero attached hydrogens (tertiary/aromatic N) is 5. The molecule has 0 aliphatic carbocycles. The number of thiophene rings is 1. The van der Waals surface area contributed by atoms with Crippen LogP contribution in [0.1, 0.15) is 0 Å². The maximum Gasteiger partial charge on any atom is 0.213 e. The summed E-state index contributed by atoms with van der Waals surface area (Å²) < 4.78 is 28.6. The number of benzene rings is 1. The van der Waals surface area contributed by atoms with E-state index in [0.717, 1.165) is 21.3 Å². The maximum atomic E-state index is 12.2. The number of aryl methyl sites for hydroxylation is 1. The number of hydrogen-bond acceptors (Lipinski definition) is 8. The number of hydrogen-bond donors (Lipinski definition) is 2. The molecule has 0 spiro atoms. The van der Waals surface area contributed by atoms with Gasteiger partial charge < -0.3 is 5.32 Å². The lowest BCUT2D eigenvalue weighted by Crippen LogP contribution is -2.32. The van der Waals surface area contributed by atoms with Crippen LogP contribution in [-0.4, -0.2) is 52.2 Å². The van der Waals surface area contributed by atoms with Gasteiger partial charge in [-0.15, -0.1) is 16.4 Å². The van der Waals surface area contributed by atoms with E-state index in [0.29, 0.717) is 12.4 Å². The molecule has 0 atom stereocenters. The minimum absolute atomic E-state index is 0.0668. The van der Waals surface area contributed by atoms with E-state index in [9.17, 15) is 8.42 Å². The van der Waals surface area contributed by atoms with Crippen LogP contribution in [0, 0.1) is 0 Å². The molecule has 0 radical (unpaired) electrons. The molecule has 0 amide bonds. The van der Waals surface area contributed by atoms with Crippen LogP contribution in [-0.2, 0) is 16.6 Å². The van der Waals surface area contributed by atoms with Crippen molar-refractivity contribution in [1.82, 2.24) is 29.7 Å². The van der Waals surface area contributed by atoms with Crippen LogP contribution in [0.5, 0.6) is 0 Å². The molecule has 4 rings (SSSR count). The van der Waals surface area contributed by atoms with Crippen LogP contribution in [0.3, 0.4) is 0 Å². The molecule has 1 aromatic carbocycles. The molecule has 9 nitrogen and oxygen atoms in total. The number of nitrogens with one attached hydrogen (secondary N) is 2. The molecule has 4 aromatic rings. The van der Waals surface area contributed by atoms with Crippen LogP contribution in [0.2, 0.25) is 0 Å². The fraction of sp³-hybridized carbons (Fsp3) is 0.250. The Bertz CT molecular complexity index is 1170. The van der Waals surface area contributed by atoms with E-state index in [1.807, 2.05) is 35.7 Å².